The number of benzene rings is 13. The van der Waals surface area contributed by atoms with Crippen molar-refractivity contribution in [1.29, 1.82) is 0 Å². The maximum atomic E-state index is 2.30. The van der Waals surface area contributed by atoms with E-state index in [4.69, 9.17) is 0 Å². The van der Waals surface area contributed by atoms with E-state index in [9.17, 15) is 0 Å². The smallest absolute Gasteiger partial charge is 0.0152 e. The van der Waals surface area contributed by atoms with E-state index >= 15 is 0 Å². The average molecular weight is 1230 g/mol. The van der Waals surface area contributed by atoms with Gasteiger partial charge in [-0.15, -0.1) is 0 Å². The summed E-state index contributed by atoms with van der Waals surface area (Å²) in [6, 6.07) is 108. The van der Waals surface area contributed by atoms with Crippen LogP contribution in [0.25, 0.3) is 66.8 Å². The van der Waals surface area contributed by atoms with E-state index in [1.54, 1.807) is 0 Å². The first-order valence-corrected chi connectivity index (χ1v) is 33.0. The van der Waals surface area contributed by atoms with Gasteiger partial charge in [0, 0.05) is 0 Å². The molecule has 0 bridgehead atoms. The summed E-state index contributed by atoms with van der Waals surface area (Å²) < 4.78 is 0. The van der Waals surface area contributed by atoms with Gasteiger partial charge < -0.3 is 0 Å². The maximum Gasteiger partial charge on any atom is -0.0152 e. The summed E-state index contributed by atoms with van der Waals surface area (Å²) in [5.41, 5.74) is 37.0. The number of rotatable bonds is 6. The summed E-state index contributed by atoms with van der Waals surface area (Å²) in [4.78, 5) is 0. The molecule has 0 atom stereocenters. The van der Waals surface area contributed by atoms with Crippen LogP contribution in [0.5, 0.6) is 0 Å². The molecule has 474 valence electrons. The van der Waals surface area contributed by atoms with Gasteiger partial charge in [-0.2, -0.15) is 0 Å². The Morgan fingerprint density at radius 3 is 0.649 bits per heavy atom. The van der Waals surface area contributed by atoms with E-state index in [0.29, 0.717) is 0 Å². The molecule has 0 N–H and O–H groups in total. The lowest BCUT2D eigenvalue weighted by molar-refractivity contribution is 1.24. The fourth-order valence-electron chi connectivity index (χ4n) is 10.8. The van der Waals surface area contributed by atoms with Crippen molar-refractivity contribution in [3.8, 4) is 66.8 Å². The molecule has 0 aliphatic rings. The normalized spacial score (nSPS) is 10.1. The van der Waals surface area contributed by atoms with Gasteiger partial charge in [0.1, 0.15) is 0 Å². The predicted octanol–water partition coefficient (Wildman–Crippen LogP) is 26.7. The predicted molar refractivity (Wildman–Crippen MR) is 414 cm³/mol. The Balaban J connectivity index is 0.000000157. The van der Waals surface area contributed by atoms with Crippen LogP contribution in [0.15, 0.2) is 303 Å². The zero-order chi connectivity index (χ0) is 67.5. The van der Waals surface area contributed by atoms with Crippen LogP contribution >= 0.6 is 0 Å². The molecular weight excluding hydrogens is 1130 g/mol. The van der Waals surface area contributed by atoms with E-state index < -0.39 is 0 Å². The molecule has 0 fully saturated rings. The minimum absolute atomic E-state index is 1.28. The van der Waals surface area contributed by atoms with Crippen LogP contribution in [-0.2, 0) is 0 Å². The van der Waals surface area contributed by atoms with Gasteiger partial charge in [0.25, 0.3) is 0 Å². The summed E-state index contributed by atoms with van der Waals surface area (Å²) >= 11 is 0. The van der Waals surface area contributed by atoms with Crippen LogP contribution in [-0.4, -0.2) is 0 Å². The molecule has 0 unspecified atom stereocenters. The second-order valence-corrected chi connectivity index (χ2v) is 25.3. The molecule has 0 nitrogen and oxygen atoms in total. The van der Waals surface area contributed by atoms with Crippen molar-refractivity contribution in [2.45, 2.75) is 111 Å². The van der Waals surface area contributed by atoms with Crippen molar-refractivity contribution < 1.29 is 0 Å². The van der Waals surface area contributed by atoms with Gasteiger partial charge in [-0.3, -0.25) is 0 Å². The number of hydrogen-bond acceptors (Lipinski definition) is 0. The van der Waals surface area contributed by atoms with Gasteiger partial charge in [0.05, 0.1) is 0 Å². The zero-order valence-electron chi connectivity index (χ0n) is 58.9. The van der Waals surface area contributed by atoms with Crippen molar-refractivity contribution in [2.75, 3.05) is 0 Å². The Hall–Kier alpha value is -10.1. The Morgan fingerprint density at radius 1 is 0.117 bits per heavy atom. The molecule has 0 amide bonds. The van der Waals surface area contributed by atoms with Crippen molar-refractivity contribution in [3.63, 3.8) is 0 Å². The maximum absolute atomic E-state index is 2.30. The second kappa shape index (κ2) is 36.2. The summed E-state index contributed by atoms with van der Waals surface area (Å²) in [6.07, 6.45) is 0. The molecule has 13 rings (SSSR count). The molecule has 0 saturated carbocycles. The van der Waals surface area contributed by atoms with Crippen molar-refractivity contribution in [3.05, 3.63) is 392 Å². The molecule has 13 aromatic rings. The van der Waals surface area contributed by atoms with Gasteiger partial charge in [0.2, 0.25) is 0 Å². The van der Waals surface area contributed by atoms with Gasteiger partial charge in [-0.25, -0.2) is 0 Å². The Kier molecular flexibility index (Phi) is 27.5. The third-order valence-corrected chi connectivity index (χ3v) is 16.8. The number of hydrogen-bond donors (Lipinski definition) is 0. The van der Waals surface area contributed by atoms with Crippen molar-refractivity contribution in [2.24, 2.45) is 0 Å². The molecule has 0 radical (unpaired) electrons. The van der Waals surface area contributed by atoms with Crippen LogP contribution in [0.4, 0.5) is 0 Å². The van der Waals surface area contributed by atoms with E-state index in [-0.39, 0.29) is 0 Å². The molecule has 0 heteroatoms. The van der Waals surface area contributed by atoms with Crippen LogP contribution in [0.3, 0.4) is 0 Å². The lowest BCUT2D eigenvalue weighted by atomic mass is 9.92. The van der Waals surface area contributed by atoms with Crippen LogP contribution < -0.4 is 0 Å². The summed E-state index contributed by atoms with van der Waals surface area (Å²) in [7, 11) is 0. The lowest BCUT2D eigenvalue weighted by Gasteiger charge is -2.13. The highest BCUT2D eigenvalue weighted by atomic mass is 14.1. The van der Waals surface area contributed by atoms with Gasteiger partial charge in [-0.05, 0) is 216 Å². The molecule has 13 aromatic carbocycles. The van der Waals surface area contributed by atoms with E-state index in [2.05, 4.69) is 414 Å². The molecular formula is C94H98. The molecule has 94 heavy (non-hydrogen) atoms. The Labute approximate surface area is 566 Å². The van der Waals surface area contributed by atoms with Crippen molar-refractivity contribution >= 4 is 0 Å². The van der Waals surface area contributed by atoms with E-state index in [0.717, 1.165) is 0 Å². The minimum atomic E-state index is 1.28. The SMILES string of the molecule is Cc1cc(-c2ccccc2)c(C)cc1-c1ccccc1.Cc1cc(C)c(C)cc1C.Cc1ccc(-c2ccc(C)cc2)cc1.Cc1ccc(-c2cccc(C)c2)cc1.Cc1ccc(-c2ccccc2C)cc1.Cc1ccc(C)cc1.Cc1cccc(-c2cccc(C)c2)c1. The Morgan fingerprint density at radius 2 is 0.351 bits per heavy atom. The van der Waals surface area contributed by atoms with E-state index in [1.165, 1.54) is 156 Å². The fourth-order valence-corrected chi connectivity index (χ4v) is 10.8. The first kappa shape index (κ1) is 71.3. The molecule has 0 aliphatic heterocycles. The molecule has 0 aromatic heterocycles. The number of aryl methyl sites for hydroxylation is 16. The molecule has 0 aliphatic carbocycles. The van der Waals surface area contributed by atoms with Gasteiger partial charge in [-0.1, -0.05) is 353 Å². The standard InChI is InChI=1S/C20H18.4C14H14.C10H14.C8H10/c1-15-13-20(18-11-7-4-8-12-18)16(2)14-19(15)17-9-5-3-6-10-17;1-11-3-7-13(8-4-11)14-9-5-12(2)6-10-14;1-11-5-3-7-13(9-11)14-8-4-6-12(2)10-14;1-11-6-8-13(9-7-11)14-5-3-4-12(2)10-14;1-11-7-9-13(10-8-11)14-6-4-3-5-12(14)2;1-7-5-9(3)10(4)6-8(7)2;1-7-3-5-8(2)6-4-7/h3-14H,1-2H3;4*3-10H,1-2H3;5-6H,1-4H3;3-6H,1-2H3. The quantitative estimate of drug-likeness (QED) is 0.156. The van der Waals surface area contributed by atoms with Crippen LogP contribution in [0.1, 0.15) is 89.0 Å². The van der Waals surface area contributed by atoms with E-state index in [1.807, 2.05) is 0 Å². The molecule has 0 heterocycles. The van der Waals surface area contributed by atoms with Crippen LogP contribution in [0.2, 0.25) is 0 Å². The lowest BCUT2D eigenvalue weighted by Crippen LogP contribution is -1.89. The summed E-state index contributed by atoms with van der Waals surface area (Å²) in [6.45, 7) is 34.2. The fraction of sp³-hybridized carbons (Fsp3) is 0.170. The molecule has 0 saturated heterocycles. The van der Waals surface area contributed by atoms with Gasteiger partial charge in [0.15, 0.2) is 0 Å². The zero-order valence-corrected chi connectivity index (χ0v) is 58.9. The molecule has 0 spiro atoms. The minimum Gasteiger partial charge on any atom is -0.0622 e. The van der Waals surface area contributed by atoms with Gasteiger partial charge >= 0.3 is 0 Å². The highest BCUT2D eigenvalue weighted by Gasteiger charge is 2.09. The largest absolute Gasteiger partial charge is 0.0622 e. The third-order valence-electron chi connectivity index (χ3n) is 16.8. The Bertz CT molecular complexity index is 4170. The summed E-state index contributed by atoms with van der Waals surface area (Å²) in [5, 5.41) is 0. The average Bonchev–Trinajstić information content (AvgIpc) is 0.949. The third kappa shape index (κ3) is 22.9. The highest BCUT2D eigenvalue weighted by molar-refractivity contribution is 5.76. The highest BCUT2D eigenvalue weighted by Crippen LogP contribution is 2.32. The monoisotopic (exact) mass is 1230 g/mol. The summed E-state index contributed by atoms with van der Waals surface area (Å²) in [5.74, 6) is 0. The van der Waals surface area contributed by atoms with Crippen molar-refractivity contribution in [1.82, 2.24) is 0 Å². The first-order chi connectivity index (χ1) is 45.2. The first-order valence-electron chi connectivity index (χ1n) is 33.0. The van der Waals surface area contributed by atoms with Crippen LogP contribution in [0, 0.1) is 111 Å². The topological polar surface area (TPSA) is 0 Å². The second-order valence-electron chi connectivity index (χ2n) is 25.3.